The lowest BCUT2D eigenvalue weighted by atomic mass is 10.2. The standard InChI is InChI=1S/C14H20N2O2S/c1-2-8-15-14(19)16-9-13(17)11-18-10-12-6-4-3-5-7-12/h2-7,13,17H,1,8-11H2,(H2,15,16,19). The maximum Gasteiger partial charge on any atom is 0.166 e. The Kier molecular flexibility index (Phi) is 7.81. The van der Waals surface area contributed by atoms with Crippen LogP contribution in [0.5, 0.6) is 0 Å². The van der Waals surface area contributed by atoms with Gasteiger partial charge >= 0.3 is 0 Å². The molecule has 1 unspecified atom stereocenters. The minimum absolute atomic E-state index is 0.270. The van der Waals surface area contributed by atoms with E-state index < -0.39 is 6.10 Å². The van der Waals surface area contributed by atoms with Crippen LogP contribution < -0.4 is 10.6 Å². The molecule has 0 fully saturated rings. The van der Waals surface area contributed by atoms with Crippen molar-refractivity contribution in [3.8, 4) is 0 Å². The second kappa shape index (κ2) is 9.49. The summed E-state index contributed by atoms with van der Waals surface area (Å²) in [7, 11) is 0. The number of rotatable bonds is 8. The molecule has 0 aliphatic carbocycles. The van der Waals surface area contributed by atoms with Crippen molar-refractivity contribution in [3.63, 3.8) is 0 Å². The van der Waals surface area contributed by atoms with E-state index in [0.717, 1.165) is 5.56 Å². The number of benzene rings is 1. The highest BCUT2D eigenvalue weighted by atomic mass is 32.1. The maximum absolute atomic E-state index is 9.71. The molecule has 0 saturated carbocycles. The molecule has 0 amide bonds. The Hall–Kier alpha value is -1.43. The van der Waals surface area contributed by atoms with Gasteiger partial charge in [-0.25, -0.2) is 0 Å². The van der Waals surface area contributed by atoms with E-state index in [1.54, 1.807) is 6.08 Å². The first-order valence-corrected chi connectivity index (χ1v) is 6.55. The summed E-state index contributed by atoms with van der Waals surface area (Å²) < 4.78 is 5.43. The van der Waals surface area contributed by atoms with Gasteiger partial charge in [-0.15, -0.1) is 6.58 Å². The van der Waals surface area contributed by atoms with Gasteiger partial charge in [-0.3, -0.25) is 0 Å². The van der Waals surface area contributed by atoms with Gasteiger partial charge in [0.15, 0.2) is 5.11 Å². The first-order chi connectivity index (χ1) is 9.22. The Bertz CT molecular complexity index is 384. The Morgan fingerprint density at radius 1 is 1.37 bits per heavy atom. The highest BCUT2D eigenvalue weighted by Crippen LogP contribution is 2.00. The fourth-order valence-electron chi connectivity index (χ4n) is 1.38. The van der Waals surface area contributed by atoms with E-state index in [2.05, 4.69) is 17.2 Å². The number of hydrogen-bond donors (Lipinski definition) is 3. The van der Waals surface area contributed by atoms with Crippen LogP contribution in [-0.4, -0.2) is 36.0 Å². The molecule has 104 valence electrons. The van der Waals surface area contributed by atoms with Gasteiger partial charge in [-0.05, 0) is 17.8 Å². The van der Waals surface area contributed by atoms with Gasteiger partial charge in [0.2, 0.25) is 0 Å². The summed E-state index contributed by atoms with van der Waals surface area (Å²) in [5.41, 5.74) is 1.09. The Balaban J connectivity index is 2.09. The van der Waals surface area contributed by atoms with E-state index in [9.17, 15) is 5.11 Å². The molecule has 5 heteroatoms. The molecule has 1 rings (SSSR count). The third-order valence-corrected chi connectivity index (χ3v) is 2.62. The second-order valence-corrected chi connectivity index (χ2v) is 4.44. The third kappa shape index (κ3) is 7.56. The first kappa shape index (κ1) is 15.6. The lowest BCUT2D eigenvalue weighted by Crippen LogP contribution is -2.40. The van der Waals surface area contributed by atoms with Gasteiger partial charge in [0.1, 0.15) is 0 Å². The van der Waals surface area contributed by atoms with Crippen LogP contribution in [0.15, 0.2) is 43.0 Å². The molecular weight excluding hydrogens is 260 g/mol. The molecule has 1 aromatic carbocycles. The minimum atomic E-state index is -0.591. The monoisotopic (exact) mass is 280 g/mol. The largest absolute Gasteiger partial charge is 0.389 e. The van der Waals surface area contributed by atoms with Gasteiger partial charge in [-0.1, -0.05) is 36.4 Å². The van der Waals surface area contributed by atoms with Crippen molar-refractivity contribution < 1.29 is 9.84 Å². The van der Waals surface area contributed by atoms with Crippen LogP contribution in [0.1, 0.15) is 5.56 Å². The number of nitrogens with one attached hydrogen (secondary N) is 2. The minimum Gasteiger partial charge on any atom is -0.389 e. The normalized spacial score (nSPS) is 11.6. The van der Waals surface area contributed by atoms with Crippen molar-refractivity contribution in [3.05, 3.63) is 48.6 Å². The zero-order chi connectivity index (χ0) is 13.9. The lowest BCUT2D eigenvalue weighted by Gasteiger charge is -2.14. The SMILES string of the molecule is C=CCNC(=S)NCC(O)COCc1ccccc1. The summed E-state index contributed by atoms with van der Waals surface area (Å²) in [5.74, 6) is 0. The predicted molar refractivity (Wildman–Crippen MR) is 80.9 cm³/mol. The third-order valence-electron chi connectivity index (χ3n) is 2.33. The molecule has 0 aliphatic heterocycles. The summed E-state index contributed by atoms with van der Waals surface area (Å²) in [4.78, 5) is 0. The van der Waals surface area contributed by atoms with Gasteiger partial charge in [0.05, 0.1) is 19.3 Å². The molecule has 0 heterocycles. The van der Waals surface area contributed by atoms with E-state index in [1.165, 1.54) is 0 Å². The molecule has 1 atom stereocenters. The summed E-state index contributed by atoms with van der Waals surface area (Å²) >= 11 is 5.01. The van der Waals surface area contributed by atoms with Crippen molar-refractivity contribution >= 4 is 17.3 Å². The van der Waals surface area contributed by atoms with Crippen LogP contribution in [0.3, 0.4) is 0 Å². The Morgan fingerprint density at radius 3 is 2.79 bits per heavy atom. The van der Waals surface area contributed by atoms with E-state index in [4.69, 9.17) is 17.0 Å². The van der Waals surface area contributed by atoms with E-state index in [0.29, 0.717) is 24.8 Å². The highest BCUT2D eigenvalue weighted by Gasteiger charge is 2.05. The summed E-state index contributed by atoms with van der Waals surface area (Å²) in [6.45, 7) is 5.31. The molecule has 19 heavy (non-hydrogen) atoms. The fraction of sp³-hybridized carbons (Fsp3) is 0.357. The van der Waals surface area contributed by atoms with Gasteiger partial charge in [0, 0.05) is 13.1 Å². The molecular formula is C14H20N2O2S. The van der Waals surface area contributed by atoms with Crippen molar-refractivity contribution in [2.24, 2.45) is 0 Å². The van der Waals surface area contributed by atoms with Gasteiger partial charge in [-0.2, -0.15) is 0 Å². The summed E-state index contributed by atoms with van der Waals surface area (Å²) in [6, 6.07) is 9.85. The van der Waals surface area contributed by atoms with Crippen LogP contribution in [0.2, 0.25) is 0 Å². The molecule has 1 aromatic rings. The number of aliphatic hydroxyl groups excluding tert-OH is 1. The van der Waals surface area contributed by atoms with Gasteiger partial charge < -0.3 is 20.5 Å². The van der Waals surface area contributed by atoms with Crippen LogP contribution in [0, 0.1) is 0 Å². The fourth-order valence-corrected chi connectivity index (χ4v) is 1.55. The average molecular weight is 280 g/mol. The quantitative estimate of drug-likeness (QED) is 0.494. The molecule has 3 N–H and O–H groups in total. The zero-order valence-corrected chi connectivity index (χ0v) is 11.7. The van der Waals surface area contributed by atoms with E-state index in [1.807, 2.05) is 30.3 Å². The molecule has 0 bridgehead atoms. The number of hydrogen-bond acceptors (Lipinski definition) is 3. The first-order valence-electron chi connectivity index (χ1n) is 6.14. The molecule has 0 radical (unpaired) electrons. The number of aliphatic hydroxyl groups is 1. The van der Waals surface area contributed by atoms with Crippen LogP contribution in [0.4, 0.5) is 0 Å². The van der Waals surface area contributed by atoms with Crippen LogP contribution in [0.25, 0.3) is 0 Å². The van der Waals surface area contributed by atoms with Crippen molar-refractivity contribution in [1.82, 2.24) is 10.6 Å². The molecule has 0 spiro atoms. The van der Waals surface area contributed by atoms with E-state index in [-0.39, 0.29) is 6.61 Å². The molecule has 0 aliphatic rings. The Labute approximate surface area is 119 Å². The summed E-state index contributed by atoms with van der Waals surface area (Å²) in [6.07, 6.45) is 1.13. The molecule has 4 nitrogen and oxygen atoms in total. The number of thiocarbonyl (C=S) groups is 1. The van der Waals surface area contributed by atoms with Crippen molar-refractivity contribution in [2.75, 3.05) is 19.7 Å². The molecule has 0 saturated heterocycles. The maximum atomic E-state index is 9.71. The smallest absolute Gasteiger partial charge is 0.166 e. The van der Waals surface area contributed by atoms with Crippen molar-refractivity contribution in [1.29, 1.82) is 0 Å². The van der Waals surface area contributed by atoms with Crippen LogP contribution in [-0.2, 0) is 11.3 Å². The number of ether oxygens (including phenoxy) is 1. The van der Waals surface area contributed by atoms with E-state index >= 15 is 0 Å². The second-order valence-electron chi connectivity index (χ2n) is 4.03. The zero-order valence-electron chi connectivity index (χ0n) is 10.8. The lowest BCUT2D eigenvalue weighted by molar-refractivity contribution is 0.0309. The average Bonchev–Trinajstić information content (AvgIpc) is 2.44. The molecule has 0 aromatic heterocycles. The Morgan fingerprint density at radius 2 is 2.11 bits per heavy atom. The highest BCUT2D eigenvalue weighted by molar-refractivity contribution is 7.80. The predicted octanol–water partition coefficient (Wildman–Crippen LogP) is 1.21. The summed E-state index contributed by atoms with van der Waals surface area (Å²) in [5, 5.41) is 16.0. The van der Waals surface area contributed by atoms with Crippen molar-refractivity contribution in [2.45, 2.75) is 12.7 Å². The van der Waals surface area contributed by atoms with Crippen LogP contribution >= 0.6 is 12.2 Å². The topological polar surface area (TPSA) is 53.5 Å². The van der Waals surface area contributed by atoms with Gasteiger partial charge in [0.25, 0.3) is 0 Å².